The van der Waals surface area contributed by atoms with Crippen molar-refractivity contribution >= 4 is 11.9 Å². The van der Waals surface area contributed by atoms with Crippen LogP contribution in [-0.2, 0) is 16.0 Å². The fraction of sp³-hybridized carbons (Fsp3) is 0.467. The van der Waals surface area contributed by atoms with Gasteiger partial charge in [0.2, 0.25) is 5.91 Å². The number of carbonyl (C=O) groups excluding carboxylic acids is 1. The molecule has 1 atom stereocenters. The number of hydrogen-bond acceptors (Lipinski definition) is 3. The van der Waals surface area contributed by atoms with E-state index in [1.807, 2.05) is 12.1 Å². The second-order valence-corrected chi connectivity index (χ2v) is 5.10. The first-order chi connectivity index (χ1) is 9.58. The molecule has 0 bridgehead atoms. The maximum atomic E-state index is 12.0. The van der Waals surface area contributed by atoms with Gasteiger partial charge < -0.3 is 15.1 Å². The number of aryl methyl sites for hydroxylation is 1. The van der Waals surface area contributed by atoms with Crippen molar-refractivity contribution in [1.82, 2.24) is 4.90 Å². The average molecular weight is 277 g/mol. The standard InChI is InChI=1S/C15H19NO4/c17-12-8-6-11(7-9-12)3-1-5-14(18)16-10-2-4-13(16)15(19)20/h6-9,13,17H,1-5,10H2,(H,19,20)/t13-/m0/s1. The highest BCUT2D eigenvalue weighted by Crippen LogP contribution is 2.19. The zero-order valence-corrected chi connectivity index (χ0v) is 11.3. The van der Waals surface area contributed by atoms with Crippen LogP contribution >= 0.6 is 0 Å². The Bertz CT molecular complexity index is 483. The lowest BCUT2D eigenvalue weighted by Crippen LogP contribution is -2.40. The number of nitrogens with zero attached hydrogens (tertiary/aromatic N) is 1. The van der Waals surface area contributed by atoms with E-state index in [1.165, 1.54) is 4.90 Å². The summed E-state index contributed by atoms with van der Waals surface area (Å²) in [6, 6.07) is 6.26. The van der Waals surface area contributed by atoms with Crippen LogP contribution in [0, 0.1) is 0 Å². The van der Waals surface area contributed by atoms with Crippen molar-refractivity contribution in [1.29, 1.82) is 0 Å². The molecule has 1 aliphatic heterocycles. The quantitative estimate of drug-likeness (QED) is 0.860. The highest BCUT2D eigenvalue weighted by Gasteiger charge is 2.33. The van der Waals surface area contributed by atoms with Crippen molar-refractivity contribution in [2.45, 2.75) is 38.1 Å². The van der Waals surface area contributed by atoms with Gasteiger partial charge in [-0.05, 0) is 43.4 Å². The number of carboxylic acid groups (broad SMARTS) is 1. The molecule has 1 aromatic carbocycles. The van der Waals surface area contributed by atoms with E-state index < -0.39 is 12.0 Å². The summed E-state index contributed by atoms with van der Waals surface area (Å²) in [6.07, 6.45) is 3.12. The minimum Gasteiger partial charge on any atom is -0.508 e. The molecule has 2 rings (SSSR count). The number of phenols is 1. The molecule has 1 amide bonds. The smallest absolute Gasteiger partial charge is 0.326 e. The Hall–Kier alpha value is -2.04. The van der Waals surface area contributed by atoms with Crippen LogP contribution in [0.1, 0.15) is 31.2 Å². The first-order valence-corrected chi connectivity index (χ1v) is 6.88. The van der Waals surface area contributed by atoms with Crippen LogP contribution in [0.5, 0.6) is 5.75 Å². The topological polar surface area (TPSA) is 77.8 Å². The number of carbonyl (C=O) groups is 2. The molecule has 108 valence electrons. The number of rotatable bonds is 5. The summed E-state index contributed by atoms with van der Waals surface area (Å²) >= 11 is 0. The van der Waals surface area contributed by atoms with Gasteiger partial charge in [-0.25, -0.2) is 4.79 Å². The van der Waals surface area contributed by atoms with E-state index in [1.54, 1.807) is 12.1 Å². The third-order valence-corrected chi connectivity index (χ3v) is 3.65. The molecule has 1 aliphatic rings. The fourth-order valence-electron chi connectivity index (χ4n) is 2.57. The summed E-state index contributed by atoms with van der Waals surface area (Å²) in [6.45, 7) is 0.551. The first kappa shape index (κ1) is 14.4. The molecular weight excluding hydrogens is 258 g/mol. The lowest BCUT2D eigenvalue weighted by atomic mass is 10.1. The Morgan fingerprint density at radius 2 is 1.95 bits per heavy atom. The molecule has 0 aliphatic carbocycles. The van der Waals surface area contributed by atoms with E-state index >= 15 is 0 Å². The number of likely N-dealkylation sites (tertiary alicyclic amines) is 1. The minimum atomic E-state index is -0.908. The van der Waals surface area contributed by atoms with E-state index in [4.69, 9.17) is 5.11 Å². The molecule has 20 heavy (non-hydrogen) atoms. The highest BCUT2D eigenvalue weighted by atomic mass is 16.4. The molecule has 1 heterocycles. The van der Waals surface area contributed by atoms with Crippen molar-refractivity contribution in [2.24, 2.45) is 0 Å². The summed E-state index contributed by atoms with van der Waals surface area (Å²) in [4.78, 5) is 24.5. The van der Waals surface area contributed by atoms with Crippen molar-refractivity contribution < 1.29 is 19.8 Å². The van der Waals surface area contributed by atoms with Gasteiger partial charge in [-0.1, -0.05) is 12.1 Å². The predicted octanol–water partition coefficient (Wildman–Crippen LogP) is 1.79. The third kappa shape index (κ3) is 3.50. The Morgan fingerprint density at radius 1 is 1.25 bits per heavy atom. The van der Waals surface area contributed by atoms with E-state index in [2.05, 4.69) is 0 Å². The number of hydrogen-bond donors (Lipinski definition) is 2. The van der Waals surface area contributed by atoms with Crippen LogP contribution < -0.4 is 0 Å². The van der Waals surface area contributed by atoms with Gasteiger partial charge in [-0.2, -0.15) is 0 Å². The Morgan fingerprint density at radius 3 is 2.60 bits per heavy atom. The number of amides is 1. The van der Waals surface area contributed by atoms with Crippen LogP contribution in [0.4, 0.5) is 0 Å². The van der Waals surface area contributed by atoms with Crippen molar-refractivity contribution in [2.75, 3.05) is 6.54 Å². The third-order valence-electron chi connectivity index (χ3n) is 3.65. The van der Waals surface area contributed by atoms with Gasteiger partial charge in [-0.3, -0.25) is 4.79 Å². The van der Waals surface area contributed by atoms with Gasteiger partial charge in [0, 0.05) is 13.0 Å². The van der Waals surface area contributed by atoms with Gasteiger partial charge in [0.05, 0.1) is 0 Å². The predicted molar refractivity (Wildman–Crippen MR) is 73.4 cm³/mol. The normalized spacial score (nSPS) is 18.2. The first-order valence-electron chi connectivity index (χ1n) is 6.88. The van der Waals surface area contributed by atoms with E-state index in [9.17, 15) is 14.7 Å². The molecule has 1 saturated heterocycles. The van der Waals surface area contributed by atoms with Crippen molar-refractivity contribution in [3.63, 3.8) is 0 Å². The highest BCUT2D eigenvalue weighted by molar-refractivity contribution is 5.84. The molecule has 0 spiro atoms. The summed E-state index contributed by atoms with van der Waals surface area (Å²) < 4.78 is 0. The minimum absolute atomic E-state index is 0.0753. The number of benzene rings is 1. The second kappa shape index (κ2) is 6.41. The van der Waals surface area contributed by atoms with Crippen LogP contribution in [0.25, 0.3) is 0 Å². The second-order valence-electron chi connectivity index (χ2n) is 5.10. The SMILES string of the molecule is O=C(O)[C@@H]1CCCN1C(=O)CCCc1ccc(O)cc1. The van der Waals surface area contributed by atoms with E-state index in [0.29, 0.717) is 25.8 Å². The summed E-state index contributed by atoms with van der Waals surface area (Å²) in [5.41, 5.74) is 1.06. The van der Waals surface area contributed by atoms with Crippen LogP contribution in [-0.4, -0.2) is 39.6 Å². The summed E-state index contributed by atoms with van der Waals surface area (Å²) in [7, 11) is 0. The van der Waals surface area contributed by atoms with Gasteiger partial charge in [0.25, 0.3) is 0 Å². The van der Waals surface area contributed by atoms with Gasteiger partial charge in [-0.15, -0.1) is 0 Å². The summed E-state index contributed by atoms with van der Waals surface area (Å²) in [5, 5.41) is 18.2. The molecule has 0 unspecified atom stereocenters. The molecule has 5 heteroatoms. The fourth-order valence-corrected chi connectivity index (χ4v) is 2.57. The molecule has 1 fully saturated rings. The van der Waals surface area contributed by atoms with Crippen LogP contribution in [0.2, 0.25) is 0 Å². The average Bonchev–Trinajstić information content (AvgIpc) is 2.90. The monoisotopic (exact) mass is 277 g/mol. The van der Waals surface area contributed by atoms with E-state index in [-0.39, 0.29) is 11.7 Å². The lowest BCUT2D eigenvalue weighted by molar-refractivity contribution is -0.148. The molecule has 1 aromatic rings. The van der Waals surface area contributed by atoms with Crippen LogP contribution in [0.15, 0.2) is 24.3 Å². The molecule has 5 nitrogen and oxygen atoms in total. The molecular formula is C15H19NO4. The summed E-state index contributed by atoms with van der Waals surface area (Å²) in [5.74, 6) is -0.755. The largest absolute Gasteiger partial charge is 0.508 e. The molecule has 0 radical (unpaired) electrons. The Kier molecular flexibility index (Phi) is 4.61. The zero-order valence-electron chi connectivity index (χ0n) is 11.3. The number of phenolic OH excluding ortho intramolecular Hbond substituents is 1. The lowest BCUT2D eigenvalue weighted by Gasteiger charge is -2.21. The van der Waals surface area contributed by atoms with Crippen molar-refractivity contribution in [3.05, 3.63) is 29.8 Å². The Balaban J connectivity index is 1.80. The van der Waals surface area contributed by atoms with Gasteiger partial charge >= 0.3 is 5.97 Å². The van der Waals surface area contributed by atoms with Gasteiger partial charge in [0.15, 0.2) is 0 Å². The van der Waals surface area contributed by atoms with Gasteiger partial charge in [0.1, 0.15) is 11.8 Å². The maximum Gasteiger partial charge on any atom is 0.326 e. The molecule has 0 saturated carbocycles. The number of carboxylic acids is 1. The number of aliphatic carboxylic acids is 1. The zero-order chi connectivity index (χ0) is 14.5. The number of aromatic hydroxyl groups is 1. The maximum absolute atomic E-state index is 12.0. The Labute approximate surface area is 117 Å². The van der Waals surface area contributed by atoms with Crippen molar-refractivity contribution in [3.8, 4) is 5.75 Å². The van der Waals surface area contributed by atoms with E-state index in [0.717, 1.165) is 18.4 Å². The molecule has 2 N–H and O–H groups in total. The molecule has 0 aromatic heterocycles. The van der Waals surface area contributed by atoms with Crippen LogP contribution in [0.3, 0.4) is 0 Å².